The van der Waals surface area contributed by atoms with Crippen molar-refractivity contribution >= 4 is 6.09 Å². The molecule has 0 radical (unpaired) electrons. The van der Waals surface area contributed by atoms with Crippen LogP contribution in [0.3, 0.4) is 0 Å². The molecule has 0 spiro atoms. The molecule has 0 fully saturated rings. The van der Waals surface area contributed by atoms with Crippen molar-refractivity contribution < 1.29 is 9.53 Å². The molecule has 0 atom stereocenters. The lowest BCUT2D eigenvalue weighted by atomic mass is 9.93. The highest BCUT2D eigenvalue weighted by Crippen LogP contribution is 2.28. The van der Waals surface area contributed by atoms with Crippen LogP contribution >= 0.6 is 0 Å². The van der Waals surface area contributed by atoms with Crippen LogP contribution < -0.4 is 0 Å². The fraction of sp³-hybridized carbons (Fsp3) is 0.381. The number of aryl methyl sites for hydroxylation is 1. The van der Waals surface area contributed by atoms with E-state index < -0.39 is 5.60 Å². The van der Waals surface area contributed by atoms with Gasteiger partial charge in [0.1, 0.15) is 5.60 Å². The summed E-state index contributed by atoms with van der Waals surface area (Å²) >= 11 is 0. The summed E-state index contributed by atoms with van der Waals surface area (Å²) in [5.74, 6) is 0. The average molecular weight is 323 g/mol. The second kappa shape index (κ2) is 6.31. The Balaban J connectivity index is 1.84. The highest BCUT2D eigenvalue weighted by molar-refractivity contribution is 5.71. The van der Waals surface area contributed by atoms with E-state index in [0.29, 0.717) is 13.1 Å². The van der Waals surface area contributed by atoms with Crippen molar-refractivity contribution in [2.75, 3.05) is 6.54 Å². The fourth-order valence-corrected chi connectivity index (χ4v) is 3.10. The van der Waals surface area contributed by atoms with Crippen LogP contribution in [0.1, 0.15) is 37.5 Å². The van der Waals surface area contributed by atoms with E-state index in [2.05, 4.69) is 49.4 Å². The third-order valence-corrected chi connectivity index (χ3v) is 4.33. The average Bonchev–Trinajstić information content (AvgIpc) is 2.52. The number of amides is 1. The zero-order valence-electron chi connectivity index (χ0n) is 14.9. The van der Waals surface area contributed by atoms with Gasteiger partial charge in [0, 0.05) is 13.1 Å². The van der Waals surface area contributed by atoms with E-state index in [1.807, 2.05) is 20.8 Å². The Morgan fingerprint density at radius 3 is 2.54 bits per heavy atom. The molecule has 1 aliphatic heterocycles. The van der Waals surface area contributed by atoms with Crippen LogP contribution in [0.15, 0.2) is 42.5 Å². The van der Waals surface area contributed by atoms with Crippen LogP contribution in [0.5, 0.6) is 0 Å². The van der Waals surface area contributed by atoms with E-state index >= 15 is 0 Å². The molecule has 126 valence electrons. The van der Waals surface area contributed by atoms with Gasteiger partial charge in [0.25, 0.3) is 0 Å². The molecule has 0 N–H and O–H groups in total. The van der Waals surface area contributed by atoms with E-state index in [0.717, 1.165) is 6.42 Å². The number of benzene rings is 2. The van der Waals surface area contributed by atoms with Crippen molar-refractivity contribution in [3.05, 3.63) is 59.2 Å². The number of hydrogen-bond donors (Lipinski definition) is 0. The molecule has 0 aromatic heterocycles. The summed E-state index contributed by atoms with van der Waals surface area (Å²) < 4.78 is 5.51. The third-order valence-electron chi connectivity index (χ3n) is 4.33. The van der Waals surface area contributed by atoms with Gasteiger partial charge in [0.2, 0.25) is 0 Å². The number of carbonyl (C=O) groups is 1. The monoisotopic (exact) mass is 323 g/mol. The van der Waals surface area contributed by atoms with Crippen LogP contribution in [-0.4, -0.2) is 23.1 Å². The smallest absolute Gasteiger partial charge is 0.410 e. The molecule has 0 saturated heterocycles. The Morgan fingerprint density at radius 2 is 1.83 bits per heavy atom. The Labute approximate surface area is 144 Å². The summed E-state index contributed by atoms with van der Waals surface area (Å²) in [6.07, 6.45) is 0.650. The lowest BCUT2D eigenvalue weighted by Gasteiger charge is -2.31. The summed E-state index contributed by atoms with van der Waals surface area (Å²) in [4.78, 5) is 14.1. The first-order valence-electron chi connectivity index (χ1n) is 8.49. The van der Waals surface area contributed by atoms with Gasteiger partial charge < -0.3 is 9.64 Å². The van der Waals surface area contributed by atoms with E-state index in [-0.39, 0.29) is 6.09 Å². The second-order valence-corrected chi connectivity index (χ2v) is 7.45. The maximum absolute atomic E-state index is 12.3. The number of nitrogens with zero attached hydrogens (tertiary/aromatic N) is 1. The normalized spacial score (nSPS) is 14.2. The summed E-state index contributed by atoms with van der Waals surface area (Å²) in [5.41, 5.74) is 5.80. The van der Waals surface area contributed by atoms with Gasteiger partial charge in [-0.15, -0.1) is 0 Å². The molecule has 24 heavy (non-hydrogen) atoms. The van der Waals surface area contributed by atoms with Gasteiger partial charge >= 0.3 is 6.09 Å². The van der Waals surface area contributed by atoms with Crippen LogP contribution in [0.4, 0.5) is 4.79 Å². The molecule has 3 nitrogen and oxygen atoms in total. The highest BCUT2D eigenvalue weighted by Gasteiger charge is 2.25. The summed E-state index contributed by atoms with van der Waals surface area (Å²) in [7, 11) is 0. The lowest BCUT2D eigenvalue weighted by molar-refractivity contribution is 0.0224. The maximum Gasteiger partial charge on any atom is 0.410 e. The molecular weight excluding hydrogens is 298 g/mol. The van der Waals surface area contributed by atoms with Crippen molar-refractivity contribution in [3.8, 4) is 11.1 Å². The Bertz CT molecular complexity index is 759. The lowest BCUT2D eigenvalue weighted by Crippen LogP contribution is -2.39. The number of hydrogen-bond acceptors (Lipinski definition) is 2. The SMILES string of the molecule is Cc1ccccc1-c1ccc2c(c1)CN(C(=O)OC(C)(C)C)CC2. The zero-order chi connectivity index (χ0) is 17.3. The van der Waals surface area contributed by atoms with E-state index in [1.54, 1.807) is 4.90 Å². The molecule has 1 amide bonds. The number of ether oxygens (including phenoxy) is 1. The quantitative estimate of drug-likeness (QED) is 0.742. The molecule has 0 unspecified atom stereocenters. The van der Waals surface area contributed by atoms with Crippen LogP contribution in [0.25, 0.3) is 11.1 Å². The molecule has 1 aliphatic rings. The molecule has 0 saturated carbocycles. The second-order valence-electron chi connectivity index (χ2n) is 7.45. The van der Waals surface area contributed by atoms with Gasteiger partial charge in [-0.2, -0.15) is 0 Å². The summed E-state index contributed by atoms with van der Waals surface area (Å²) in [6, 6.07) is 15.0. The van der Waals surface area contributed by atoms with Gasteiger partial charge in [0.05, 0.1) is 0 Å². The fourth-order valence-electron chi connectivity index (χ4n) is 3.10. The van der Waals surface area contributed by atoms with Crippen molar-refractivity contribution in [1.29, 1.82) is 0 Å². The first-order valence-corrected chi connectivity index (χ1v) is 8.49. The predicted octanol–water partition coefficient (Wildman–Crippen LogP) is 4.96. The zero-order valence-corrected chi connectivity index (χ0v) is 14.9. The molecule has 1 heterocycles. The number of carbonyl (C=O) groups excluding carboxylic acids is 1. The maximum atomic E-state index is 12.3. The van der Waals surface area contributed by atoms with Crippen LogP contribution in [-0.2, 0) is 17.7 Å². The van der Waals surface area contributed by atoms with Gasteiger partial charge in [-0.1, -0.05) is 36.4 Å². The first kappa shape index (κ1) is 16.6. The first-order chi connectivity index (χ1) is 11.3. The van der Waals surface area contributed by atoms with Gasteiger partial charge in [-0.25, -0.2) is 4.79 Å². The molecule has 2 aromatic rings. The minimum atomic E-state index is -0.458. The molecular formula is C21H25NO2. The minimum Gasteiger partial charge on any atom is -0.444 e. The standard InChI is InChI=1S/C21H25NO2/c1-15-7-5-6-8-19(15)17-10-9-16-11-12-22(14-18(16)13-17)20(23)24-21(2,3)4/h5-10,13H,11-12,14H2,1-4H3. The summed E-state index contributed by atoms with van der Waals surface area (Å²) in [5, 5.41) is 0. The van der Waals surface area contributed by atoms with Gasteiger partial charge in [0.15, 0.2) is 0 Å². The molecule has 0 aliphatic carbocycles. The molecule has 3 rings (SSSR count). The number of fused-ring (bicyclic) bond motifs is 1. The highest BCUT2D eigenvalue weighted by atomic mass is 16.6. The predicted molar refractivity (Wildman–Crippen MR) is 97.0 cm³/mol. The van der Waals surface area contributed by atoms with Crippen molar-refractivity contribution in [2.45, 2.75) is 46.3 Å². The van der Waals surface area contributed by atoms with Crippen molar-refractivity contribution in [2.24, 2.45) is 0 Å². The van der Waals surface area contributed by atoms with Gasteiger partial charge in [-0.05, 0) is 68.0 Å². The van der Waals surface area contributed by atoms with Crippen LogP contribution in [0, 0.1) is 6.92 Å². The molecule has 3 heteroatoms. The van der Waals surface area contributed by atoms with E-state index in [1.165, 1.54) is 27.8 Å². The van der Waals surface area contributed by atoms with Crippen molar-refractivity contribution in [1.82, 2.24) is 4.90 Å². The van der Waals surface area contributed by atoms with E-state index in [9.17, 15) is 4.79 Å². The number of rotatable bonds is 1. The minimum absolute atomic E-state index is 0.227. The third kappa shape index (κ3) is 3.61. The summed E-state index contributed by atoms with van der Waals surface area (Å²) in [6.45, 7) is 9.16. The molecule has 2 aromatic carbocycles. The Morgan fingerprint density at radius 1 is 1.08 bits per heavy atom. The van der Waals surface area contributed by atoms with Gasteiger partial charge in [-0.3, -0.25) is 0 Å². The van der Waals surface area contributed by atoms with Crippen LogP contribution in [0.2, 0.25) is 0 Å². The topological polar surface area (TPSA) is 29.5 Å². The van der Waals surface area contributed by atoms with Crippen molar-refractivity contribution in [3.63, 3.8) is 0 Å². The Kier molecular flexibility index (Phi) is 4.35. The molecule has 0 bridgehead atoms. The Hall–Kier alpha value is -2.29. The largest absolute Gasteiger partial charge is 0.444 e. The van der Waals surface area contributed by atoms with E-state index in [4.69, 9.17) is 4.74 Å².